The zero-order chi connectivity index (χ0) is 16.2. The summed E-state index contributed by atoms with van der Waals surface area (Å²) in [5.74, 6) is 0.806. The Labute approximate surface area is 132 Å². The van der Waals surface area contributed by atoms with Crippen LogP contribution in [0.15, 0.2) is 6.33 Å². The molecule has 1 aromatic rings. The average Bonchev–Trinajstić information content (AvgIpc) is 2.97. The monoisotopic (exact) mass is 309 g/mol. The quantitative estimate of drug-likeness (QED) is 0.848. The molecule has 1 N–H and O–H groups in total. The molecule has 1 saturated heterocycles. The molecule has 7 heteroatoms. The lowest BCUT2D eigenvalue weighted by Crippen LogP contribution is -2.58. The first-order chi connectivity index (χ1) is 10.5. The van der Waals surface area contributed by atoms with Crippen molar-refractivity contribution in [1.82, 2.24) is 25.0 Å². The van der Waals surface area contributed by atoms with Crippen molar-refractivity contribution in [2.45, 2.75) is 52.2 Å². The molecule has 1 fully saturated rings. The van der Waals surface area contributed by atoms with Gasteiger partial charge in [0, 0.05) is 19.6 Å². The minimum Gasteiger partial charge on any atom is -0.379 e. The first kappa shape index (κ1) is 16.9. The molecule has 1 atom stereocenters. The number of hydrogen-bond acceptors (Lipinski definition) is 5. The smallest absolute Gasteiger partial charge is 0.240 e. The third-order valence-electron chi connectivity index (χ3n) is 4.17. The maximum atomic E-state index is 12.7. The normalized spacial score (nSPS) is 18.2. The number of nitrogens with zero attached hydrogens (tertiary/aromatic N) is 4. The van der Waals surface area contributed by atoms with Gasteiger partial charge >= 0.3 is 0 Å². The molecule has 0 aliphatic carbocycles. The predicted molar refractivity (Wildman–Crippen MR) is 83.3 cm³/mol. The number of aromatic nitrogens is 3. The summed E-state index contributed by atoms with van der Waals surface area (Å²) >= 11 is 0. The van der Waals surface area contributed by atoms with Crippen molar-refractivity contribution in [2.24, 2.45) is 0 Å². The van der Waals surface area contributed by atoms with Gasteiger partial charge in [-0.25, -0.2) is 9.67 Å². The Bertz CT molecular complexity index is 494. The SMILES string of the molecule is CCCn1ncnc1C(C)NC(=O)C(C)(C)N1CCOCC1. The van der Waals surface area contributed by atoms with Crippen LogP contribution in [0.4, 0.5) is 0 Å². The van der Waals surface area contributed by atoms with E-state index in [1.54, 1.807) is 6.33 Å². The standard InChI is InChI=1S/C15H27N5O2/c1-5-6-20-13(16-11-17-20)12(2)18-14(21)15(3,4)19-7-9-22-10-8-19/h11-12H,5-10H2,1-4H3,(H,18,21). The van der Waals surface area contributed by atoms with E-state index in [1.807, 2.05) is 25.5 Å². The second-order valence-electron chi connectivity index (χ2n) is 6.19. The van der Waals surface area contributed by atoms with Crippen LogP contribution in [0.25, 0.3) is 0 Å². The molecule has 7 nitrogen and oxygen atoms in total. The van der Waals surface area contributed by atoms with Gasteiger partial charge in [0.15, 0.2) is 0 Å². The van der Waals surface area contributed by atoms with Crippen molar-refractivity contribution in [3.63, 3.8) is 0 Å². The maximum absolute atomic E-state index is 12.7. The predicted octanol–water partition coefficient (Wildman–Crippen LogP) is 0.976. The topological polar surface area (TPSA) is 72.3 Å². The second kappa shape index (κ2) is 7.19. The van der Waals surface area contributed by atoms with Gasteiger partial charge in [-0.05, 0) is 27.2 Å². The highest BCUT2D eigenvalue weighted by atomic mass is 16.5. The fourth-order valence-electron chi connectivity index (χ4n) is 2.70. The minimum atomic E-state index is -0.562. The molecular weight excluding hydrogens is 282 g/mol. The Hall–Kier alpha value is -1.47. The number of carbonyl (C=O) groups is 1. The highest BCUT2D eigenvalue weighted by Gasteiger charge is 2.36. The third kappa shape index (κ3) is 3.64. The molecule has 2 rings (SSSR count). The number of aryl methyl sites for hydroxylation is 1. The Morgan fingerprint density at radius 2 is 2.14 bits per heavy atom. The summed E-state index contributed by atoms with van der Waals surface area (Å²) in [6.07, 6.45) is 2.52. The van der Waals surface area contributed by atoms with E-state index in [4.69, 9.17) is 4.74 Å². The molecule has 124 valence electrons. The minimum absolute atomic E-state index is 0.00736. The number of nitrogens with one attached hydrogen (secondary N) is 1. The van der Waals surface area contributed by atoms with Crippen LogP contribution in [0.5, 0.6) is 0 Å². The molecule has 1 aromatic heterocycles. The van der Waals surface area contributed by atoms with Crippen molar-refractivity contribution in [1.29, 1.82) is 0 Å². The first-order valence-electron chi connectivity index (χ1n) is 7.98. The van der Waals surface area contributed by atoms with Gasteiger partial charge in [0.1, 0.15) is 12.2 Å². The fraction of sp³-hybridized carbons (Fsp3) is 0.800. The average molecular weight is 309 g/mol. The number of rotatable bonds is 6. The number of carbonyl (C=O) groups excluding carboxylic acids is 1. The third-order valence-corrected chi connectivity index (χ3v) is 4.17. The molecule has 0 radical (unpaired) electrons. The molecule has 0 bridgehead atoms. The zero-order valence-electron chi connectivity index (χ0n) is 14.0. The zero-order valence-corrected chi connectivity index (χ0v) is 14.0. The molecule has 1 amide bonds. The van der Waals surface area contributed by atoms with Crippen molar-refractivity contribution < 1.29 is 9.53 Å². The number of morpholine rings is 1. The molecule has 1 aliphatic heterocycles. The molecule has 2 heterocycles. The lowest BCUT2D eigenvalue weighted by atomic mass is 10.0. The van der Waals surface area contributed by atoms with Crippen LogP contribution < -0.4 is 5.32 Å². The summed E-state index contributed by atoms with van der Waals surface area (Å²) in [5, 5.41) is 7.29. The van der Waals surface area contributed by atoms with E-state index in [1.165, 1.54) is 0 Å². The maximum Gasteiger partial charge on any atom is 0.240 e. The highest BCUT2D eigenvalue weighted by Crippen LogP contribution is 2.18. The van der Waals surface area contributed by atoms with Gasteiger partial charge in [0.05, 0.1) is 24.8 Å². The van der Waals surface area contributed by atoms with E-state index >= 15 is 0 Å². The summed E-state index contributed by atoms with van der Waals surface area (Å²) in [4.78, 5) is 19.1. The van der Waals surface area contributed by atoms with Crippen molar-refractivity contribution in [3.8, 4) is 0 Å². The number of hydrogen-bond donors (Lipinski definition) is 1. The molecule has 1 unspecified atom stereocenters. The van der Waals surface area contributed by atoms with Gasteiger partial charge in [-0.2, -0.15) is 5.10 Å². The van der Waals surface area contributed by atoms with Crippen LogP contribution in [-0.4, -0.2) is 57.4 Å². The van der Waals surface area contributed by atoms with E-state index < -0.39 is 5.54 Å². The molecule has 0 saturated carbocycles. The first-order valence-corrected chi connectivity index (χ1v) is 7.98. The van der Waals surface area contributed by atoms with Gasteiger partial charge in [-0.15, -0.1) is 0 Å². The van der Waals surface area contributed by atoms with Gasteiger partial charge in [0.2, 0.25) is 5.91 Å². The van der Waals surface area contributed by atoms with E-state index in [-0.39, 0.29) is 11.9 Å². The Balaban J connectivity index is 2.01. The largest absolute Gasteiger partial charge is 0.379 e. The van der Waals surface area contributed by atoms with Crippen molar-refractivity contribution in [3.05, 3.63) is 12.2 Å². The van der Waals surface area contributed by atoms with E-state index in [2.05, 4.69) is 27.2 Å². The summed E-state index contributed by atoms with van der Waals surface area (Å²) in [6.45, 7) is 11.7. The number of ether oxygens (including phenoxy) is 1. The van der Waals surface area contributed by atoms with Crippen LogP contribution in [0, 0.1) is 0 Å². The lowest BCUT2D eigenvalue weighted by Gasteiger charge is -2.39. The van der Waals surface area contributed by atoms with Crippen LogP contribution in [0.3, 0.4) is 0 Å². The van der Waals surface area contributed by atoms with Gasteiger partial charge in [-0.1, -0.05) is 6.92 Å². The fourth-order valence-corrected chi connectivity index (χ4v) is 2.70. The molecule has 22 heavy (non-hydrogen) atoms. The Morgan fingerprint density at radius 3 is 2.77 bits per heavy atom. The van der Waals surface area contributed by atoms with Gasteiger partial charge in [0.25, 0.3) is 0 Å². The Kier molecular flexibility index (Phi) is 5.52. The molecule has 0 spiro atoms. The van der Waals surface area contributed by atoms with Gasteiger partial charge in [-0.3, -0.25) is 9.69 Å². The van der Waals surface area contributed by atoms with Crippen LogP contribution in [0.2, 0.25) is 0 Å². The highest BCUT2D eigenvalue weighted by molar-refractivity contribution is 5.85. The number of amides is 1. The summed E-state index contributed by atoms with van der Waals surface area (Å²) in [6, 6.07) is -0.165. The molecule has 0 aromatic carbocycles. The van der Waals surface area contributed by atoms with Gasteiger partial charge < -0.3 is 10.1 Å². The van der Waals surface area contributed by atoms with Crippen molar-refractivity contribution >= 4 is 5.91 Å². The van der Waals surface area contributed by atoms with E-state index in [0.717, 1.165) is 31.9 Å². The summed E-state index contributed by atoms with van der Waals surface area (Å²) in [7, 11) is 0. The van der Waals surface area contributed by atoms with Crippen LogP contribution in [-0.2, 0) is 16.1 Å². The second-order valence-corrected chi connectivity index (χ2v) is 6.19. The molecular formula is C15H27N5O2. The van der Waals surface area contributed by atoms with E-state index in [0.29, 0.717) is 13.2 Å². The van der Waals surface area contributed by atoms with E-state index in [9.17, 15) is 4.79 Å². The Morgan fingerprint density at radius 1 is 1.45 bits per heavy atom. The van der Waals surface area contributed by atoms with Crippen molar-refractivity contribution in [2.75, 3.05) is 26.3 Å². The molecule has 1 aliphatic rings. The lowest BCUT2D eigenvalue weighted by molar-refractivity contribution is -0.135. The van der Waals surface area contributed by atoms with Crippen LogP contribution >= 0.6 is 0 Å². The summed E-state index contributed by atoms with van der Waals surface area (Å²) < 4.78 is 7.22. The van der Waals surface area contributed by atoms with Crippen LogP contribution in [0.1, 0.15) is 46.0 Å². The summed E-state index contributed by atoms with van der Waals surface area (Å²) in [5.41, 5.74) is -0.562.